The fourth-order valence-electron chi connectivity index (χ4n) is 3.60. The fraction of sp³-hybridized carbons (Fsp3) is 0.200. The first-order valence-electron chi connectivity index (χ1n) is 10.3. The van der Waals surface area contributed by atoms with E-state index in [1.54, 1.807) is 24.3 Å². The molecule has 1 N–H and O–H groups in total. The number of carbonyl (C=O) groups excluding carboxylic acids is 1. The van der Waals surface area contributed by atoms with Gasteiger partial charge in [-0.15, -0.1) is 0 Å². The topological polar surface area (TPSA) is 72.5 Å². The van der Waals surface area contributed by atoms with Crippen LogP contribution in [0.15, 0.2) is 83.6 Å². The number of ether oxygens (including phenoxy) is 1. The summed E-state index contributed by atoms with van der Waals surface area (Å²) in [6.45, 7) is 0.390. The van der Waals surface area contributed by atoms with Crippen LogP contribution in [0.2, 0.25) is 0 Å². The van der Waals surface area contributed by atoms with Gasteiger partial charge in [0.05, 0.1) is 30.7 Å². The number of hydrogen-bond acceptors (Lipinski definition) is 5. The summed E-state index contributed by atoms with van der Waals surface area (Å²) in [7, 11) is 5.51. The number of nitrogens with one attached hydrogen (secondary N) is 1. The van der Waals surface area contributed by atoms with E-state index in [1.165, 1.54) is 0 Å². The standard InChI is InChI=1S/C25H26N4O3/c1-28(2)21(23-14-9-15-32-23)16-26-25(30)20-17-29(18-10-5-4-6-11-18)27-24(20)19-12-7-8-13-22(19)31-3/h4-15,17,21H,16H2,1-3H3,(H,26,30)/t21-/m0/s1. The first-order valence-corrected chi connectivity index (χ1v) is 10.3. The Balaban J connectivity index is 1.68. The molecule has 4 aromatic rings. The highest BCUT2D eigenvalue weighted by molar-refractivity contribution is 6.00. The summed E-state index contributed by atoms with van der Waals surface area (Å²) in [6, 6.07) is 20.9. The molecular weight excluding hydrogens is 404 g/mol. The maximum Gasteiger partial charge on any atom is 0.255 e. The molecule has 0 saturated heterocycles. The zero-order chi connectivity index (χ0) is 22.5. The Labute approximate surface area is 187 Å². The third-order valence-corrected chi connectivity index (χ3v) is 5.29. The van der Waals surface area contributed by atoms with E-state index >= 15 is 0 Å². The molecule has 0 saturated carbocycles. The van der Waals surface area contributed by atoms with Gasteiger partial charge in [-0.1, -0.05) is 30.3 Å². The molecule has 7 nitrogen and oxygen atoms in total. The van der Waals surface area contributed by atoms with E-state index in [-0.39, 0.29) is 11.9 Å². The van der Waals surface area contributed by atoms with Crippen LogP contribution in [0.1, 0.15) is 22.2 Å². The van der Waals surface area contributed by atoms with E-state index in [0.717, 1.165) is 17.0 Å². The molecule has 164 valence electrons. The Morgan fingerprint density at radius 3 is 2.53 bits per heavy atom. The van der Waals surface area contributed by atoms with Crippen molar-refractivity contribution in [3.8, 4) is 22.7 Å². The molecule has 0 aliphatic rings. The van der Waals surface area contributed by atoms with Crippen molar-refractivity contribution < 1.29 is 13.9 Å². The summed E-state index contributed by atoms with van der Waals surface area (Å²) in [5.74, 6) is 1.23. The van der Waals surface area contributed by atoms with Crippen molar-refractivity contribution in [2.75, 3.05) is 27.7 Å². The minimum Gasteiger partial charge on any atom is -0.496 e. The number of methoxy groups -OCH3 is 1. The Hall–Kier alpha value is -3.84. The second-order valence-electron chi connectivity index (χ2n) is 7.58. The van der Waals surface area contributed by atoms with Crippen LogP contribution in [-0.4, -0.2) is 48.3 Å². The van der Waals surface area contributed by atoms with Crippen LogP contribution in [0.25, 0.3) is 16.9 Å². The molecule has 0 radical (unpaired) electrons. The summed E-state index contributed by atoms with van der Waals surface area (Å²) in [5.41, 5.74) is 2.65. The van der Waals surface area contributed by atoms with E-state index in [4.69, 9.17) is 14.3 Å². The lowest BCUT2D eigenvalue weighted by molar-refractivity contribution is 0.0939. The van der Waals surface area contributed by atoms with Gasteiger partial charge in [0.1, 0.15) is 17.2 Å². The van der Waals surface area contributed by atoms with E-state index in [9.17, 15) is 4.79 Å². The van der Waals surface area contributed by atoms with Gasteiger partial charge in [-0.25, -0.2) is 4.68 Å². The molecule has 2 aromatic carbocycles. The molecule has 0 fully saturated rings. The normalized spacial score (nSPS) is 12.0. The fourth-order valence-corrected chi connectivity index (χ4v) is 3.60. The molecular formula is C25H26N4O3. The lowest BCUT2D eigenvalue weighted by Crippen LogP contribution is -2.34. The number of nitrogens with zero attached hydrogens (tertiary/aromatic N) is 3. The molecule has 0 spiro atoms. The van der Waals surface area contributed by atoms with Crippen LogP contribution >= 0.6 is 0 Å². The lowest BCUT2D eigenvalue weighted by atomic mass is 10.1. The van der Waals surface area contributed by atoms with Crippen LogP contribution in [-0.2, 0) is 0 Å². The van der Waals surface area contributed by atoms with E-state index < -0.39 is 0 Å². The minimum absolute atomic E-state index is 0.0900. The molecule has 0 aliphatic heterocycles. The number of rotatable bonds is 8. The zero-order valence-electron chi connectivity index (χ0n) is 18.4. The van der Waals surface area contributed by atoms with Crippen LogP contribution in [0.4, 0.5) is 0 Å². The maximum absolute atomic E-state index is 13.3. The predicted molar refractivity (Wildman–Crippen MR) is 123 cm³/mol. The number of hydrogen-bond donors (Lipinski definition) is 1. The average molecular weight is 431 g/mol. The quantitative estimate of drug-likeness (QED) is 0.454. The largest absolute Gasteiger partial charge is 0.496 e. The molecule has 1 atom stereocenters. The van der Waals surface area contributed by atoms with Crippen molar-refractivity contribution in [1.29, 1.82) is 0 Å². The summed E-state index contributed by atoms with van der Waals surface area (Å²) in [5, 5.41) is 7.79. The highest BCUT2D eigenvalue weighted by Gasteiger charge is 2.23. The Kier molecular flexibility index (Phi) is 6.37. The second kappa shape index (κ2) is 9.53. The molecule has 0 unspecified atom stereocenters. The van der Waals surface area contributed by atoms with Gasteiger partial charge in [0, 0.05) is 18.3 Å². The third-order valence-electron chi connectivity index (χ3n) is 5.29. The van der Waals surface area contributed by atoms with Crippen LogP contribution in [0.3, 0.4) is 0 Å². The number of carbonyl (C=O) groups is 1. The van der Waals surface area contributed by atoms with Crippen molar-refractivity contribution in [1.82, 2.24) is 20.0 Å². The Morgan fingerprint density at radius 2 is 1.84 bits per heavy atom. The van der Waals surface area contributed by atoms with Crippen LogP contribution < -0.4 is 10.1 Å². The van der Waals surface area contributed by atoms with Gasteiger partial charge in [0.15, 0.2) is 0 Å². The second-order valence-corrected chi connectivity index (χ2v) is 7.58. The van der Waals surface area contributed by atoms with Crippen molar-refractivity contribution >= 4 is 5.91 Å². The average Bonchev–Trinajstić information content (AvgIpc) is 3.50. The Bertz CT molecular complexity index is 1170. The molecule has 2 heterocycles. The number of benzene rings is 2. The summed E-state index contributed by atoms with van der Waals surface area (Å²) < 4.78 is 12.8. The molecule has 1 amide bonds. The summed E-state index contributed by atoms with van der Waals surface area (Å²) in [4.78, 5) is 15.3. The van der Waals surface area contributed by atoms with Gasteiger partial charge in [0.2, 0.25) is 0 Å². The number of aromatic nitrogens is 2. The number of amides is 1. The van der Waals surface area contributed by atoms with Crippen molar-refractivity contribution in [2.24, 2.45) is 0 Å². The first kappa shape index (κ1) is 21.4. The first-order chi connectivity index (χ1) is 15.6. The van der Waals surface area contributed by atoms with Gasteiger partial charge in [-0.2, -0.15) is 5.10 Å². The molecule has 4 rings (SSSR count). The van der Waals surface area contributed by atoms with Gasteiger partial charge in [-0.05, 0) is 50.5 Å². The van der Waals surface area contributed by atoms with E-state index in [0.29, 0.717) is 23.6 Å². The predicted octanol–water partition coefficient (Wildman–Crippen LogP) is 4.17. The molecule has 0 aliphatic carbocycles. The minimum atomic E-state index is -0.216. The van der Waals surface area contributed by atoms with Gasteiger partial charge >= 0.3 is 0 Å². The van der Waals surface area contributed by atoms with Gasteiger partial charge in [-0.3, -0.25) is 9.69 Å². The molecule has 2 aromatic heterocycles. The van der Waals surface area contributed by atoms with E-state index in [1.807, 2.05) is 85.7 Å². The lowest BCUT2D eigenvalue weighted by Gasteiger charge is -2.22. The number of likely N-dealkylation sites (N-methyl/N-ethyl adjacent to an activating group) is 1. The third kappa shape index (κ3) is 4.43. The van der Waals surface area contributed by atoms with Crippen molar-refractivity contribution in [3.63, 3.8) is 0 Å². The SMILES string of the molecule is COc1ccccc1-c1nn(-c2ccccc2)cc1C(=O)NC[C@@H](c1ccco1)N(C)C. The molecule has 0 bridgehead atoms. The highest BCUT2D eigenvalue weighted by Crippen LogP contribution is 2.32. The number of para-hydroxylation sites is 2. The smallest absolute Gasteiger partial charge is 0.255 e. The summed E-state index contributed by atoms with van der Waals surface area (Å²) >= 11 is 0. The van der Waals surface area contributed by atoms with Crippen molar-refractivity contribution in [3.05, 3.63) is 90.5 Å². The van der Waals surface area contributed by atoms with E-state index in [2.05, 4.69) is 5.32 Å². The van der Waals surface area contributed by atoms with Crippen LogP contribution in [0.5, 0.6) is 5.75 Å². The van der Waals surface area contributed by atoms with Gasteiger partial charge in [0.25, 0.3) is 5.91 Å². The molecule has 7 heteroatoms. The zero-order valence-corrected chi connectivity index (χ0v) is 18.4. The number of furan rings is 1. The Morgan fingerprint density at radius 1 is 1.09 bits per heavy atom. The molecule has 32 heavy (non-hydrogen) atoms. The summed E-state index contributed by atoms with van der Waals surface area (Å²) in [6.07, 6.45) is 3.39. The maximum atomic E-state index is 13.3. The monoisotopic (exact) mass is 430 g/mol. The van der Waals surface area contributed by atoms with Crippen LogP contribution in [0, 0.1) is 0 Å². The van der Waals surface area contributed by atoms with Crippen molar-refractivity contribution in [2.45, 2.75) is 6.04 Å². The van der Waals surface area contributed by atoms with Gasteiger partial charge < -0.3 is 14.5 Å². The highest BCUT2D eigenvalue weighted by atomic mass is 16.5.